The maximum Gasteiger partial charge on any atom is 0.255 e. The van der Waals surface area contributed by atoms with Crippen LogP contribution in [0.15, 0.2) is 46.6 Å². The number of benzene rings is 1. The van der Waals surface area contributed by atoms with Gasteiger partial charge in [-0.25, -0.2) is 0 Å². The first-order chi connectivity index (χ1) is 20.2. The van der Waals surface area contributed by atoms with Crippen LogP contribution in [0.4, 0.5) is 5.69 Å². The van der Waals surface area contributed by atoms with E-state index >= 15 is 0 Å². The van der Waals surface area contributed by atoms with E-state index in [2.05, 4.69) is 10.6 Å². The Labute approximate surface area is 249 Å². The van der Waals surface area contributed by atoms with Crippen LogP contribution in [-0.4, -0.2) is 92.2 Å². The molecule has 0 radical (unpaired) electrons. The number of rotatable bonds is 7. The Kier molecular flexibility index (Phi) is 7.69. The molecule has 0 bridgehead atoms. The standard InChI is InChI=1S/C29H32N4O9S/c1-11-13-6-7-14(32-15(34)10-31-9-12-5-4-8-43-12)22(35)17(13)23(36)18-16(11)24(37)20-21(33(2)3)25(38)19(28(30)41)27(40)29(20,42)26(18)39/h4-8,11,16,20-21,24,31,35-37,40,42H,9-10H2,1-3H3,(H2,30,41)(H,32,34)/t11?,16?,20?,21-,24?,29?/m0/s1. The van der Waals surface area contributed by atoms with Gasteiger partial charge < -0.3 is 41.9 Å². The molecule has 5 unspecified atom stereocenters. The zero-order chi connectivity index (χ0) is 31.5. The number of aromatic hydroxyl groups is 1. The van der Waals surface area contributed by atoms with Crippen LogP contribution < -0.4 is 16.4 Å². The van der Waals surface area contributed by atoms with Crippen molar-refractivity contribution in [3.63, 3.8) is 0 Å². The number of primary amides is 1. The zero-order valence-corrected chi connectivity index (χ0v) is 24.3. The molecule has 0 spiro atoms. The number of Topliss-reactive ketones (excluding diaryl/α,β-unsaturated/α-hetero) is 2. The summed E-state index contributed by atoms with van der Waals surface area (Å²) >= 11 is 1.53. The largest absolute Gasteiger partial charge is 0.508 e. The van der Waals surface area contributed by atoms with Gasteiger partial charge in [-0.15, -0.1) is 11.3 Å². The fraction of sp³-hybridized carbons (Fsp3) is 0.379. The number of aliphatic hydroxyl groups excluding tert-OH is 3. The Morgan fingerprint density at radius 1 is 1.14 bits per heavy atom. The molecule has 1 fully saturated rings. The van der Waals surface area contributed by atoms with E-state index in [0.717, 1.165) is 4.88 Å². The second kappa shape index (κ2) is 10.9. The van der Waals surface area contributed by atoms with Crippen LogP contribution in [0.3, 0.4) is 0 Å². The highest BCUT2D eigenvalue weighted by Gasteiger charge is 2.68. The Morgan fingerprint density at radius 2 is 1.84 bits per heavy atom. The number of anilines is 1. The number of phenols is 1. The van der Waals surface area contributed by atoms with Crippen LogP contribution in [-0.2, 0) is 25.7 Å². The molecule has 0 saturated heterocycles. The number of nitrogens with two attached hydrogens (primary N) is 1. The van der Waals surface area contributed by atoms with E-state index in [1.807, 2.05) is 17.5 Å². The second-order valence-electron chi connectivity index (χ2n) is 11.2. The summed E-state index contributed by atoms with van der Waals surface area (Å²) in [6.07, 6.45) is -1.69. The molecule has 5 rings (SSSR count). The third-order valence-corrected chi connectivity index (χ3v) is 9.44. The summed E-state index contributed by atoms with van der Waals surface area (Å²) in [5, 5.41) is 64.4. The number of nitrogens with one attached hydrogen (secondary N) is 2. The van der Waals surface area contributed by atoms with E-state index in [4.69, 9.17) is 5.73 Å². The number of ketones is 2. The minimum atomic E-state index is -3.00. The number of phenolic OH excluding ortho intramolecular Hbond substituents is 1. The summed E-state index contributed by atoms with van der Waals surface area (Å²) in [5.41, 5.74) is 0.899. The summed E-state index contributed by atoms with van der Waals surface area (Å²) < 4.78 is 0. The van der Waals surface area contributed by atoms with Crippen LogP contribution in [0.1, 0.15) is 28.8 Å². The topological polar surface area (TPSA) is 223 Å². The molecule has 3 aliphatic carbocycles. The Bertz CT molecular complexity index is 1600. The molecule has 2 aromatic rings. The average Bonchev–Trinajstić information content (AvgIpc) is 3.45. The fourth-order valence-electron chi connectivity index (χ4n) is 6.62. The number of aliphatic hydroxyl groups is 4. The van der Waals surface area contributed by atoms with E-state index < -0.39 is 87.3 Å². The van der Waals surface area contributed by atoms with Gasteiger partial charge in [-0.1, -0.05) is 19.1 Å². The van der Waals surface area contributed by atoms with Crippen molar-refractivity contribution in [2.24, 2.45) is 17.6 Å². The molecule has 2 amide bonds. The molecule has 43 heavy (non-hydrogen) atoms. The highest BCUT2D eigenvalue weighted by molar-refractivity contribution is 7.09. The first-order valence-corrected chi connectivity index (χ1v) is 14.3. The molecule has 1 aromatic carbocycles. The first kappa shape index (κ1) is 30.4. The fourth-order valence-corrected chi connectivity index (χ4v) is 7.30. The molecule has 13 nitrogen and oxygen atoms in total. The lowest BCUT2D eigenvalue weighted by Crippen LogP contribution is -2.70. The van der Waals surface area contributed by atoms with Crippen molar-refractivity contribution in [1.82, 2.24) is 10.2 Å². The van der Waals surface area contributed by atoms with Gasteiger partial charge in [0.25, 0.3) is 5.91 Å². The van der Waals surface area contributed by atoms with Crippen molar-refractivity contribution in [3.05, 3.63) is 62.6 Å². The van der Waals surface area contributed by atoms with Crippen LogP contribution in [0, 0.1) is 11.8 Å². The number of carbonyl (C=O) groups excluding carboxylic acids is 4. The molecular formula is C29H32N4O9S. The predicted molar refractivity (Wildman–Crippen MR) is 155 cm³/mol. The maximum atomic E-state index is 14.1. The lowest BCUT2D eigenvalue weighted by atomic mass is 9.54. The number of amides is 2. The number of nitrogens with zero attached hydrogens (tertiary/aromatic N) is 1. The number of fused-ring (bicyclic) bond motifs is 3. The van der Waals surface area contributed by atoms with Gasteiger partial charge in [-0.3, -0.25) is 24.1 Å². The van der Waals surface area contributed by atoms with Crippen molar-refractivity contribution in [3.8, 4) is 5.75 Å². The average molecular weight is 613 g/mol. The summed E-state index contributed by atoms with van der Waals surface area (Å²) in [7, 11) is 2.88. The monoisotopic (exact) mass is 612 g/mol. The third kappa shape index (κ3) is 4.53. The Balaban J connectivity index is 1.56. The molecule has 3 aliphatic rings. The number of thiophene rings is 1. The van der Waals surface area contributed by atoms with Crippen molar-refractivity contribution in [2.75, 3.05) is 26.0 Å². The van der Waals surface area contributed by atoms with Crippen LogP contribution in [0.25, 0.3) is 5.76 Å². The van der Waals surface area contributed by atoms with Gasteiger partial charge in [0.1, 0.15) is 22.8 Å². The van der Waals surface area contributed by atoms with Gasteiger partial charge in [0.05, 0.1) is 35.9 Å². The summed E-state index contributed by atoms with van der Waals surface area (Å²) in [6, 6.07) is 5.31. The number of hydrogen-bond donors (Lipinski definition) is 8. The van der Waals surface area contributed by atoms with E-state index in [-0.39, 0.29) is 17.8 Å². The molecule has 228 valence electrons. The molecule has 1 heterocycles. The lowest BCUT2D eigenvalue weighted by Gasteiger charge is -2.53. The third-order valence-electron chi connectivity index (χ3n) is 8.57. The van der Waals surface area contributed by atoms with E-state index in [1.165, 1.54) is 42.5 Å². The number of hydrogen-bond acceptors (Lipinski definition) is 12. The number of likely N-dealkylation sites (N-methyl/N-ethyl adjacent to an activating group) is 1. The van der Waals surface area contributed by atoms with E-state index in [0.29, 0.717) is 12.1 Å². The Hall–Kier alpha value is -4.08. The predicted octanol–water partition coefficient (Wildman–Crippen LogP) is 0.286. The minimum Gasteiger partial charge on any atom is -0.508 e. The molecule has 14 heteroatoms. The van der Waals surface area contributed by atoms with Crippen molar-refractivity contribution in [1.29, 1.82) is 0 Å². The quantitative estimate of drug-likeness (QED) is 0.157. The highest BCUT2D eigenvalue weighted by Crippen LogP contribution is 2.56. The summed E-state index contributed by atoms with van der Waals surface area (Å²) in [6.45, 7) is 2.00. The highest BCUT2D eigenvalue weighted by atomic mass is 32.1. The van der Waals surface area contributed by atoms with Crippen LogP contribution in [0.5, 0.6) is 5.75 Å². The molecule has 0 aliphatic heterocycles. The van der Waals surface area contributed by atoms with E-state index in [9.17, 15) is 44.7 Å². The minimum absolute atomic E-state index is 0.0606. The van der Waals surface area contributed by atoms with Crippen molar-refractivity contribution >= 4 is 46.2 Å². The van der Waals surface area contributed by atoms with Gasteiger partial charge in [-0.2, -0.15) is 0 Å². The van der Waals surface area contributed by atoms with Gasteiger partial charge in [0.15, 0.2) is 11.4 Å². The van der Waals surface area contributed by atoms with E-state index in [1.54, 1.807) is 6.92 Å². The maximum absolute atomic E-state index is 14.1. The van der Waals surface area contributed by atoms with Crippen LogP contribution >= 0.6 is 11.3 Å². The molecule has 6 atom stereocenters. The molecule has 1 aromatic heterocycles. The zero-order valence-electron chi connectivity index (χ0n) is 23.5. The SMILES string of the molecule is CC1c2ccc(NC(=O)CNCc3cccs3)c(O)c2C(O)=C2C(=O)C3(O)C(O)=C(C(N)=O)C(=O)[C@@H](N(C)C)C3C(O)C21. The normalized spacial score (nSPS) is 28.5. The van der Waals surface area contributed by atoms with Crippen LogP contribution in [0.2, 0.25) is 0 Å². The lowest BCUT2D eigenvalue weighted by molar-refractivity contribution is -0.169. The van der Waals surface area contributed by atoms with Gasteiger partial charge in [0.2, 0.25) is 11.7 Å². The molecular weight excluding hydrogens is 580 g/mol. The van der Waals surface area contributed by atoms with Gasteiger partial charge in [0, 0.05) is 22.9 Å². The first-order valence-electron chi connectivity index (χ1n) is 13.4. The van der Waals surface area contributed by atoms with Crippen molar-refractivity contribution in [2.45, 2.75) is 37.1 Å². The number of carbonyl (C=O) groups is 4. The van der Waals surface area contributed by atoms with Crippen molar-refractivity contribution < 1.29 is 44.7 Å². The second-order valence-corrected chi connectivity index (χ2v) is 12.2. The molecule has 1 saturated carbocycles. The summed E-state index contributed by atoms with van der Waals surface area (Å²) in [5.74, 6) is -10.3. The van der Waals surface area contributed by atoms with Gasteiger partial charge >= 0.3 is 0 Å². The smallest absolute Gasteiger partial charge is 0.255 e. The molecule has 9 N–H and O–H groups in total. The summed E-state index contributed by atoms with van der Waals surface area (Å²) in [4.78, 5) is 54.4. The van der Waals surface area contributed by atoms with Gasteiger partial charge in [-0.05, 0) is 43.1 Å². The Morgan fingerprint density at radius 3 is 2.44 bits per heavy atom.